The second-order valence-electron chi connectivity index (χ2n) is 6.47. The molecule has 0 amide bonds. The van der Waals surface area contributed by atoms with Gasteiger partial charge in [0.1, 0.15) is 0 Å². The molecule has 2 nitrogen and oxygen atoms in total. The molecule has 0 radical (unpaired) electrons. The van der Waals surface area contributed by atoms with Crippen LogP contribution < -0.4 is 0 Å². The second kappa shape index (κ2) is 4.88. The van der Waals surface area contributed by atoms with Crippen LogP contribution in [0, 0.1) is 5.41 Å². The Morgan fingerprint density at radius 1 is 1.20 bits per heavy atom. The Labute approximate surface area is 124 Å². The zero-order chi connectivity index (χ0) is 14.3. The van der Waals surface area contributed by atoms with E-state index in [1.54, 1.807) is 0 Å². The van der Waals surface area contributed by atoms with Crippen molar-refractivity contribution in [3.8, 4) is 0 Å². The molecule has 0 aromatic carbocycles. The van der Waals surface area contributed by atoms with Gasteiger partial charge < -0.3 is 4.57 Å². The molecule has 0 bridgehead atoms. The summed E-state index contributed by atoms with van der Waals surface area (Å²) in [5.74, 6) is 0.301. The number of Topliss-reactive ketones (excluding diaryl/α,β-unsaturated/α-hetero) is 1. The Hall–Kier alpha value is -1.35. The number of fused-ring (bicyclic) bond motifs is 1. The van der Waals surface area contributed by atoms with Gasteiger partial charge in [-0.15, -0.1) is 11.3 Å². The number of thiophene rings is 1. The smallest absolute Gasteiger partial charge is 0.165 e. The summed E-state index contributed by atoms with van der Waals surface area (Å²) >= 11 is 1.88. The van der Waals surface area contributed by atoms with E-state index in [1.807, 2.05) is 17.4 Å². The first kappa shape index (κ1) is 13.6. The number of aryl methyl sites for hydroxylation is 1. The topological polar surface area (TPSA) is 22.0 Å². The largest absolute Gasteiger partial charge is 0.345 e. The van der Waals surface area contributed by atoms with Gasteiger partial charge in [-0.3, -0.25) is 4.79 Å². The molecule has 0 unspecified atom stereocenters. The Morgan fingerprint density at radius 3 is 2.65 bits per heavy atom. The Bertz CT molecular complexity index is 648. The lowest BCUT2D eigenvalue weighted by atomic mass is 9.76. The molecule has 0 saturated carbocycles. The molecule has 2 aromatic rings. The van der Waals surface area contributed by atoms with Crippen LogP contribution in [0.3, 0.4) is 0 Å². The highest BCUT2D eigenvalue weighted by molar-refractivity contribution is 7.11. The van der Waals surface area contributed by atoms with Gasteiger partial charge in [-0.05, 0) is 36.5 Å². The van der Waals surface area contributed by atoms with Gasteiger partial charge in [0.05, 0.1) is 6.54 Å². The van der Waals surface area contributed by atoms with Crippen LogP contribution in [0.1, 0.15) is 53.0 Å². The van der Waals surface area contributed by atoms with Gasteiger partial charge in [0.15, 0.2) is 5.78 Å². The van der Waals surface area contributed by atoms with Crippen LogP contribution in [-0.4, -0.2) is 10.4 Å². The molecule has 0 aliphatic heterocycles. The van der Waals surface area contributed by atoms with E-state index in [0.29, 0.717) is 12.2 Å². The molecule has 0 fully saturated rings. The molecule has 3 rings (SSSR count). The third-order valence-electron chi connectivity index (χ3n) is 4.06. The Morgan fingerprint density at radius 2 is 1.95 bits per heavy atom. The summed E-state index contributed by atoms with van der Waals surface area (Å²) in [6.07, 6.45) is 4.84. The first-order valence-corrected chi connectivity index (χ1v) is 8.09. The fraction of sp³-hybridized carbons (Fsp3) is 0.471. The molecule has 106 valence electrons. The van der Waals surface area contributed by atoms with E-state index in [9.17, 15) is 4.79 Å². The Kier molecular flexibility index (Phi) is 3.33. The molecule has 20 heavy (non-hydrogen) atoms. The summed E-state index contributed by atoms with van der Waals surface area (Å²) < 4.78 is 2.26. The van der Waals surface area contributed by atoms with Crippen LogP contribution >= 0.6 is 11.3 Å². The normalized spacial score (nSPS) is 17.2. The highest BCUT2D eigenvalue weighted by Crippen LogP contribution is 2.35. The molecule has 3 heteroatoms. The van der Waals surface area contributed by atoms with E-state index in [4.69, 9.17) is 0 Å². The van der Waals surface area contributed by atoms with Crippen molar-refractivity contribution in [1.29, 1.82) is 0 Å². The summed E-state index contributed by atoms with van der Waals surface area (Å²) in [5.41, 5.74) is 2.25. The minimum absolute atomic E-state index is 0.0875. The summed E-state index contributed by atoms with van der Waals surface area (Å²) in [6.45, 7) is 7.45. The summed E-state index contributed by atoms with van der Waals surface area (Å²) in [5, 5.41) is 0. The number of rotatable bonds is 3. The summed E-state index contributed by atoms with van der Waals surface area (Å²) in [6, 6.07) is 6.43. The average Bonchev–Trinajstić information content (AvgIpc) is 2.96. The minimum Gasteiger partial charge on any atom is -0.345 e. The maximum atomic E-state index is 12.2. The monoisotopic (exact) mass is 287 g/mol. The third-order valence-corrected chi connectivity index (χ3v) is 5.27. The molecule has 0 saturated heterocycles. The lowest BCUT2D eigenvalue weighted by molar-refractivity contribution is 0.0910. The lowest BCUT2D eigenvalue weighted by Crippen LogP contribution is -2.28. The van der Waals surface area contributed by atoms with Gasteiger partial charge in [-0.25, -0.2) is 0 Å². The lowest BCUT2D eigenvalue weighted by Gasteiger charge is -2.29. The van der Waals surface area contributed by atoms with Crippen molar-refractivity contribution >= 4 is 17.1 Å². The molecule has 0 N–H and O–H groups in total. The van der Waals surface area contributed by atoms with Crippen molar-refractivity contribution in [1.82, 2.24) is 4.57 Å². The molecular formula is C17H21NOS. The number of carbonyl (C=O) groups is 1. The number of hydrogen-bond acceptors (Lipinski definition) is 2. The van der Waals surface area contributed by atoms with Crippen LogP contribution in [0.2, 0.25) is 0 Å². The van der Waals surface area contributed by atoms with E-state index in [2.05, 4.69) is 43.7 Å². The third kappa shape index (κ3) is 2.47. The summed E-state index contributed by atoms with van der Waals surface area (Å²) in [7, 11) is 0. The van der Waals surface area contributed by atoms with Crippen LogP contribution in [0.25, 0.3) is 0 Å². The van der Waals surface area contributed by atoms with Crippen molar-refractivity contribution in [2.24, 2.45) is 5.41 Å². The maximum absolute atomic E-state index is 12.2. The van der Waals surface area contributed by atoms with Gasteiger partial charge in [0.25, 0.3) is 0 Å². The molecule has 0 atom stereocenters. The SMILES string of the molecule is CCc1ccc(Cn2ccc3c2CC(C)(C)CC3=O)s1. The fourth-order valence-corrected chi connectivity index (χ4v) is 3.97. The van der Waals surface area contributed by atoms with Crippen molar-refractivity contribution in [2.75, 3.05) is 0 Å². The molecule has 1 aliphatic carbocycles. The molecular weight excluding hydrogens is 266 g/mol. The first-order chi connectivity index (χ1) is 9.48. The maximum Gasteiger partial charge on any atom is 0.165 e. The van der Waals surface area contributed by atoms with Gasteiger partial charge in [-0.2, -0.15) is 0 Å². The number of hydrogen-bond donors (Lipinski definition) is 0. The zero-order valence-electron chi connectivity index (χ0n) is 12.4. The standard InChI is InChI=1S/C17H21NOS/c1-4-12-5-6-13(20-12)11-18-8-7-14-15(18)9-17(2,3)10-16(14)19/h5-8H,4,9-11H2,1-3H3. The van der Waals surface area contributed by atoms with Crippen LogP contribution in [0.15, 0.2) is 24.4 Å². The molecule has 2 heterocycles. The van der Waals surface area contributed by atoms with Gasteiger partial charge in [0.2, 0.25) is 0 Å². The van der Waals surface area contributed by atoms with Crippen molar-refractivity contribution in [3.05, 3.63) is 45.4 Å². The van der Waals surface area contributed by atoms with Crippen molar-refractivity contribution in [2.45, 2.75) is 46.6 Å². The quantitative estimate of drug-likeness (QED) is 0.824. The first-order valence-electron chi connectivity index (χ1n) is 7.27. The van der Waals surface area contributed by atoms with Crippen molar-refractivity contribution < 1.29 is 4.79 Å². The van der Waals surface area contributed by atoms with Gasteiger partial charge in [0, 0.05) is 33.6 Å². The molecule has 2 aromatic heterocycles. The van der Waals surface area contributed by atoms with E-state index in [0.717, 1.165) is 24.9 Å². The van der Waals surface area contributed by atoms with Crippen LogP contribution in [0.4, 0.5) is 0 Å². The second-order valence-corrected chi connectivity index (χ2v) is 7.72. The summed E-state index contributed by atoms with van der Waals surface area (Å²) in [4.78, 5) is 15.0. The zero-order valence-corrected chi connectivity index (χ0v) is 13.2. The highest BCUT2D eigenvalue weighted by Gasteiger charge is 2.32. The van der Waals surface area contributed by atoms with Crippen LogP contribution in [0.5, 0.6) is 0 Å². The van der Waals surface area contributed by atoms with E-state index in [1.165, 1.54) is 15.4 Å². The number of ketones is 1. The number of aromatic nitrogens is 1. The van der Waals surface area contributed by atoms with E-state index >= 15 is 0 Å². The molecule has 0 spiro atoms. The predicted molar refractivity (Wildman–Crippen MR) is 83.7 cm³/mol. The van der Waals surface area contributed by atoms with Crippen molar-refractivity contribution in [3.63, 3.8) is 0 Å². The highest BCUT2D eigenvalue weighted by atomic mass is 32.1. The fourth-order valence-electron chi connectivity index (χ4n) is 3.02. The minimum atomic E-state index is 0.0875. The predicted octanol–water partition coefficient (Wildman–Crippen LogP) is 4.32. The molecule has 1 aliphatic rings. The number of carbonyl (C=O) groups excluding carboxylic acids is 1. The Balaban J connectivity index is 1.90. The van der Waals surface area contributed by atoms with E-state index < -0.39 is 0 Å². The van der Waals surface area contributed by atoms with Gasteiger partial charge >= 0.3 is 0 Å². The van der Waals surface area contributed by atoms with Crippen LogP contribution in [-0.2, 0) is 19.4 Å². The number of nitrogens with zero attached hydrogens (tertiary/aromatic N) is 1. The van der Waals surface area contributed by atoms with Gasteiger partial charge in [-0.1, -0.05) is 20.8 Å². The average molecular weight is 287 g/mol. The van der Waals surface area contributed by atoms with E-state index in [-0.39, 0.29) is 5.41 Å².